The largest absolute Gasteiger partial charge is 0.495 e. The number of alkyl halides is 3. The fourth-order valence-corrected chi connectivity index (χ4v) is 3.20. The summed E-state index contributed by atoms with van der Waals surface area (Å²) in [5.41, 5.74) is 5.37. The average Bonchev–Trinajstić information content (AvgIpc) is 2.78. The molecule has 21 heavy (non-hydrogen) atoms. The Kier molecular flexibility index (Phi) is 4.70. The van der Waals surface area contributed by atoms with Crippen LogP contribution in [0.5, 0.6) is 5.75 Å². The predicted octanol–water partition coefficient (Wildman–Crippen LogP) is 3.32. The molecule has 0 saturated carbocycles. The van der Waals surface area contributed by atoms with Crippen molar-refractivity contribution in [2.75, 3.05) is 27.2 Å². The van der Waals surface area contributed by atoms with E-state index in [-0.39, 0.29) is 22.7 Å². The fourth-order valence-electron chi connectivity index (χ4n) is 2.89. The van der Waals surface area contributed by atoms with Crippen LogP contribution in [0.4, 0.5) is 13.2 Å². The topological polar surface area (TPSA) is 38.5 Å². The van der Waals surface area contributed by atoms with Gasteiger partial charge in [0.2, 0.25) is 0 Å². The van der Waals surface area contributed by atoms with Gasteiger partial charge in [0, 0.05) is 12.6 Å². The first-order chi connectivity index (χ1) is 9.77. The first kappa shape index (κ1) is 16.4. The van der Waals surface area contributed by atoms with E-state index in [1.165, 1.54) is 7.11 Å². The van der Waals surface area contributed by atoms with Crippen molar-refractivity contribution in [1.82, 2.24) is 4.90 Å². The first-order valence-electron chi connectivity index (χ1n) is 6.62. The molecule has 1 aliphatic heterocycles. The van der Waals surface area contributed by atoms with Crippen LogP contribution in [0.15, 0.2) is 12.1 Å². The lowest BCUT2D eigenvalue weighted by Gasteiger charge is -2.22. The van der Waals surface area contributed by atoms with Crippen molar-refractivity contribution in [3.63, 3.8) is 0 Å². The highest BCUT2D eigenvalue weighted by atomic mass is 35.5. The van der Waals surface area contributed by atoms with Crippen LogP contribution in [-0.2, 0) is 6.18 Å². The van der Waals surface area contributed by atoms with E-state index in [4.69, 9.17) is 22.1 Å². The summed E-state index contributed by atoms with van der Waals surface area (Å²) in [6.45, 7) is 1.29. The second kappa shape index (κ2) is 6.02. The third-order valence-corrected chi connectivity index (χ3v) is 4.21. The van der Waals surface area contributed by atoms with Crippen LogP contribution in [0.2, 0.25) is 5.02 Å². The summed E-state index contributed by atoms with van der Waals surface area (Å²) in [6, 6.07) is 2.57. The van der Waals surface area contributed by atoms with Crippen molar-refractivity contribution in [3.8, 4) is 5.75 Å². The summed E-state index contributed by atoms with van der Waals surface area (Å²) in [5, 5.41) is -0.0214. The molecule has 0 radical (unpaired) electrons. The number of hydrogen-bond acceptors (Lipinski definition) is 3. The van der Waals surface area contributed by atoms with E-state index in [1.54, 1.807) is 6.07 Å². The van der Waals surface area contributed by atoms with Crippen molar-refractivity contribution in [2.24, 2.45) is 11.7 Å². The number of likely N-dealkylation sites (tertiary alicyclic amines) is 1. The average molecular weight is 323 g/mol. The molecule has 0 bridgehead atoms. The van der Waals surface area contributed by atoms with Gasteiger partial charge in [0.05, 0.1) is 17.7 Å². The van der Waals surface area contributed by atoms with Crippen molar-refractivity contribution < 1.29 is 17.9 Å². The van der Waals surface area contributed by atoms with Crippen LogP contribution in [0.3, 0.4) is 0 Å². The molecular formula is C14H18ClF3N2O. The zero-order valence-corrected chi connectivity index (χ0v) is 12.6. The molecule has 7 heteroatoms. The molecule has 1 aliphatic rings. The maximum Gasteiger partial charge on any atom is 0.420 e. The van der Waals surface area contributed by atoms with Crippen molar-refractivity contribution >= 4 is 11.6 Å². The molecule has 1 aromatic carbocycles. The lowest BCUT2D eigenvalue weighted by atomic mass is 9.97. The monoisotopic (exact) mass is 322 g/mol. The van der Waals surface area contributed by atoms with Crippen LogP contribution >= 0.6 is 11.6 Å². The van der Waals surface area contributed by atoms with Gasteiger partial charge in [-0.3, -0.25) is 4.90 Å². The molecule has 3 nitrogen and oxygen atoms in total. The molecule has 1 saturated heterocycles. The Morgan fingerprint density at radius 2 is 2.10 bits per heavy atom. The minimum Gasteiger partial charge on any atom is -0.495 e. The lowest BCUT2D eigenvalue weighted by Crippen LogP contribution is -2.21. The number of benzene rings is 1. The van der Waals surface area contributed by atoms with Crippen molar-refractivity contribution in [3.05, 3.63) is 28.3 Å². The van der Waals surface area contributed by atoms with E-state index in [9.17, 15) is 13.2 Å². The Morgan fingerprint density at radius 3 is 2.57 bits per heavy atom. The quantitative estimate of drug-likeness (QED) is 0.927. The molecular weight excluding hydrogens is 305 g/mol. The highest BCUT2D eigenvalue weighted by Gasteiger charge is 2.38. The van der Waals surface area contributed by atoms with Crippen LogP contribution < -0.4 is 10.5 Å². The molecule has 2 N–H and O–H groups in total. The third kappa shape index (κ3) is 3.27. The van der Waals surface area contributed by atoms with E-state index in [0.29, 0.717) is 12.1 Å². The molecule has 1 fully saturated rings. The summed E-state index contributed by atoms with van der Waals surface area (Å²) in [5.74, 6) is -0.0424. The van der Waals surface area contributed by atoms with Crippen LogP contribution in [0.25, 0.3) is 0 Å². The minimum absolute atomic E-state index is 0.0214. The van der Waals surface area contributed by atoms with Crippen molar-refractivity contribution in [2.45, 2.75) is 18.6 Å². The van der Waals surface area contributed by atoms with Crippen LogP contribution in [-0.4, -0.2) is 32.1 Å². The van der Waals surface area contributed by atoms with Gasteiger partial charge in [-0.05, 0) is 43.6 Å². The van der Waals surface area contributed by atoms with Crippen LogP contribution in [0.1, 0.15) is 23.6 Å². The first-order valence-corrected chi connectivity index (χ1v) is 7.00. The van der Waals surface area contributed by atoms with Gasteiger partial charge in [-0.2, -0.15) is 13.2 Å². The molecule has 0 spiro atoms. The Morgan fingerprint density at radius 1 is 1.43 bits per heavy atom. The highest BCUT2D eigenvalue weighted by molar-refractivity contribution is 6.32. The number of methoxy groups -OCH3 is 1. The molecule has 118 valence electrons. The summed E-state index contributed by atoms with van der Waals surface area (Å²) in [7, 11) is 3.06. The standard InChI is InChI=1S/C14H18ClF3N2O/c1-20-7-8(6-19)3-12(20)9-4-10(14(16,17)18)13(21-2)11(15)5-9/h4-5,8,12H,3,6-7,19H2,1-2H3. The number of hydrogen-bond donors (Lipinski definition) is 1. The number of rotatable bonds is 3. The van der Waals surface area contributed by atoms with Gasteiger partial charge in [-0.25, -0.2) is 0 Å². The van der Waals surface area contributed by atoms with E-state index in [2.05, 4.69) is 0 Å². The number of halogens is 4. The molecule has 0 aromatic heterocycles. The highest BCUT2D eigenvalue weighted by Crippen LogP contribution is 2.44. The van der Waals surface area contributed by atoms with Gasteiger partial charge in [-0.15, -0.1) is 0 Å². The second-order valence-corrected chi connectivity index (χ2v) is 5.78. The van der Waals surface area contributed by atoms with Crippen LogP contribution in [0, 0.1) is 5.92 Å². The Balaban J connectivity index is 2.44. The molecule has 1 aromatic rings. The normalized spacial score (nSPS) is 23.6. The second-order valence-electron chi connectivity index (χ2n) is 5.37. The Labute approximate surface area is 126 Å². The molecule has 2 atom stereocenters. The van der Waals surface area contributed by atoms with E-state index >= 15 is 0 Å². The van der Waals surface area contributed by atoms with E-state index in [0.717, 1.165) is 19.0 Å². The van der Waals surface area contributed by atoms with E-state index in [1.807, 2.05) is 11.9 Å². The fraction of sp³-hybridized carbons (Fsp3) is 0.571. The number of nitrogens with two attached hydrogens (primary N) is 1. The molecule has 2 unspecified atom stereocenters. The summed E-state index contributed by atoms with van der Waals surface area (Å²) in [4.78, 5) is 2.01. The molecule has 1 heterocycles. The summed E-state index contributed by atoms with van der Waals surface area (Å²) in [6.07, 6.45) is -3.78. The predicted molar refractivity (Wildman–Crippen MR) is 75.5 cm³/mol. The zero-order valence-electron chi connectivity index (χ0n) is 11.9. The maximum absolute atomic E-state index is 13.2. The molecule has 0 aliphatic carbocycles. The van der Waals surface area contributed by atoms with Gasteiger partial charge < -0.3 is 10.5 Å². The minimum atomic E-state index is -4.50. The van der Waals surface area contributed by atoms with Gasteiger partial charge in [0.1, 0.15) is 5.75 Å². The van der Waals surface area contributed by atoms with Gasteiger partial charge >= 0.3 is 6.18 Å². The van der Waals surface area contributed by atoms with Gasteiger partial charge in [0.25, 0.3) is 0 Å². The van der Waals surface area contributed by atoms with Gasteiger partial charge in [0.15, 0.2) is 0 Å². The Bertz CT molecular complexity index is 522. The third-order valence-electron chi connectivity index (χ3n) is 3.93. The molecule has 2 rings (SSSR count). The Hall–Kier alpha value is -0.980. The number of ether oxygens (including phenoxy) is 1. The zero-order chi connectivity index (χ0) is 15.8. The van der Waals surface area contributed by atoms with E-state index < -0.39 is 11.7 Å². The summed E-state index contributed by atoms with van der Waals surface area (Å²) >= 11 is 5.97. The SMILES string of the molecule is COc1c(Cl)cc(C2CC(CN)CN2C)cc1C(F)(F)F. The smallest absolute Gasteiger partial charge is 0.420 e. The molecule has 0 amide bonds. The number of nitrogens with zero attached hydrogens (tertiary/aromatic N) is 1. The van der Waals surface area contributed by atoms with Gasteiger partial charge in [-0.1, -0.05) is 11.6 Å². The lowest BCUT2D eigenvalue weighted by molar-refractivity contribution is -0.138. The maximum atomic E-state index is 13.2. The summed E-state index contributed by atoms with van der Waals surface area (Å²) < 4.78 is 44.3. The van der Waals surface area contributed by atoms with Crippen molar-refractivity contribution in [1.29, 1.82) is 0 Å².